The molecule has 1 aliphatic rings. The number of cyclic esters (lactones) is 1. The second-order valence-corrected chi connectivity index (χ2v) is 3.79. The zero-order chi connectivity index (χ0) is 11.9. The number of fused-ring (bicyclic) bond motifs is 1. The van der Waals surface area contributed by atoms with Crippen LogP contribution < -0.4 is 63.1 Å². The quantitative estimate of drug-likeness (QED) is 0.505. The van der Waals surface area contributed by atoms with E-state index in [9.17, 15) is 13.6 Å². The maximum absolute atomic E-state index is 13.4. The second-order valence-electron chi connectivity index (χ2n) is 3.79. The monoisotopic (exact) mass is 498 g/mol. The predicted molar refractivity (Wildman–Crippen MR) is 53.9 cm³/mol. The summed E-state index contributed by atoms with van der Waals surface area (Å²) in [6.45, 7) is 4.48. The number of ether oxygens (including phenoxy) is 1. The van der Waals surface area contributed by atoms with E-state index < -0.39 is 17.7 Å². The molecule has 1 aromatic rings. The van der Waals surface area contributed by atoms with Crippen LogP contribution in [0.2, 0.25) is 0 Å². The summed E-state index contributed by atoms with van der Waals surface area (Å²) in [5.74, 6) is -1.46. The van der Waals surface area contributed by atoms with Crippen LogP contribution in [0.25, 0.3) is 0 Å². The Bertz CT molecular complexity index is 457. The first-order valence-electron chi connectivity index (χ1n) is 4.83. The van der Waals surface area contributed by atoms with E-state index in [-0.39, 0.29) is 95.9 Å². The van der Waals surface area contributed by atoms with Crippen LogP contribution in [0.3, 0.4) is 0 Å². The molecule has 18 heavy (non-hydrogen) atoms. The van der Waals surface area contributed by atoms with Gasteiger partial charge in [0.2, 0.25) is 0 Å². The number of amides is 1. The summed E-state index contributed by atoms with van der Waals surface area (Å²) in [7, 11) is 0. The van der Waals surface area contributed by atoms with E-state index in [0.29, 0.717) is 0 Å². The van der Waals surface area contributed by atoms with Crippen molar-refractivity contribution in [2.24, 2.45) is 0 Å². The Morgan fingerprint density at radius 1 is 1.33 bits per heavy atom. The third-order valence-corrected chi connectivity index (χ3v) is 2.32. The van der Waals surface area contributed by atoms with Crippen molar-refractivity contribution in [1.82, 2.24) is 0 Å². The molecule has 0 atom stereocenters. The van der Waals surface area contributed by atoms with E-state index in [4.69, 9.17) is 4.74 Å². The summed E-state index contributed by atoms with van der Waals surface area (Å²) in [6, 6.07) is 1.64. The van der Waals surface area contributed by atoms with Crippen LogP contribution in [-0.4, -0.2) is 12.1 Å². The second kappa shape index (κ2) is 7.46. The Balaban J connectivity index is 0.00000144. The fourth-order valence-electron chi connectivity index (χ4n) is 1.64. The minimum absolute atomic E-state index is 0. The number of carbonyl (C=O) groups excluding carboxylic acids is 1. The van der Waals surface area contributed by atoms with Gasteiger partial charge >= 0.3 is 64.3 Å². The van der Waals surface area contributed by atoms with Gasteiger partial charge in [-0.3, -0.25) is 4.39 Å². The topological polar surface area (TPSA) is 29.5 Å². The van der Waals surface area contributed by atoms with Crippen LogP contribution in [0, 0.1) is 18.2 Å². The predicted octanol–water partition coefficient (Wildman–Crippen LogP) is -0.159. The molecular weight excluding hydrogens is 488 g/mol. The third kappa shape index (κ3) is 3.62. The molecule has 1 amide bonds. The number of rotatable bonds is 1. The summed E-state index contributed by atoms with van der Waals surface area (Å²) in [5, 5.41) is 0. The van der Waals surface area contributed by atoms with Gasteiger partial charge in [0.05, 0.1) is 0 Å². The summed E-state index contributed by atoms with van der Waals surface area (Å²) in [6.07, 6.45) is -0.632. The molecule has 0 spiro atoms. The summed E-state index contributed by atoms with van der Waals surface area (Å²) >= 11 is 0. The number of hydrogen-bond acceptors (Lipinski definition) is 2. The number of anilines is 1. The molecule has 0 fully saturated rings. The number of halogens is 2. The summed E-state index contributed by atoms with van der Waals surface area (Å²) in [5.41, 5.74) is 0.290. The van der Waals surface area contributed by atoms with E-state index in [0.717, 1.165) is 18.7 Å². The molecular formula is C11H10F2NO2RbRe. The van der Waals surface area contributed by atoms with Crippen molar-refractivity contribution in [2.75, 3.05) is 4.90 Å². The standard InChI is InChI=1S/C11H10F2NO2.Rb.Re/c1-6(2)14-10-4-7(12)3-9(13)8(10)5-16-11(14)15;;/h3-6H,1-2H3;;/q-1;+1;. The van der Waals surface area contributed by atoms with Gasteiger partial charge < -0.3 is 9.64 Å². The number of hydrogen-bond donors (Lipinski definition) is 0. The maximum atomic E-state index is 13.4. The first-order valence-corrected chi connectivity index (χ1v) is 4.83. The molecule has 0 saturated carbocycles. The van der Waals surface area contributed by atoms with Crippen molar-refractivity contribution < 1.29 is 96.9 Å². The number of benzene rings is 1. The van der Waals surface area contributed by atoms with Gasteiger partial charge in [0, 0.05) is 32.3 Å². The zero-order valence-electron chi connectivity index (χ0n) is 10.2. The van der Waals surface area contributed by atoms with Crippen LogP contribution in [0.15, 0.2) is 12.1 Å². The molecule has 0 aromatic heterocycles. The minimum atomic E-state index is -0.742. The summed E-state index contributed by atoms with van der Waals surface area (Å²) < 4.78 is 31.2. The number of nitrogens with zero attached hydrogens (tertiary/aromatic N) is 1. The van der Waals surface area contributed by atoms with Crippen molar-refractivity contribution >= 4 is 11.8 Å². The Kier molecular flexibility index (Phi) is 7.75. The molecule has 1 heterocycles. The van der Waals surface area contributed by atoms with Gasteiger partial charge in [-0.2, -0.15) is 0 Å². The molecule has 1 radical (unpaired) electrons. The molecule has 0 unspecified atom stereocenters. The molecule has 93 valence electrons. The average molecular weight is 498 g/mol. The van der Waals surface area contributed by atoms with Crippen LogP contribution in [0.4, 0.5) is 19.3 Å². The first-order chi connectivity index (χ1) is 7.50. The molecule has 7 heteroatoms. The third-order valence-electron chi connectivity index (χ3n) is 2.32. The number of carbonyl (C=O) groups is 1. The van der Waals surface area contributed by atoms with Gasteiger partial charge in [-0.1, -0.05) is 11.6 Å². The van der Waals surface area contributed by atoms with Crippen LogP contribution >= 0.6 is 0 Å². The molecule has 3 nitrogen and oxygen atoms in total. The van der Waals surface area contributed by atoms with E-state index in [1.165, 1.54) is 4.90 Å². The van der Waals surface area contributed by atoms with Gasteiger partial charge in [0.1, 0.15) is 5.82 Å². The van der Waals surface area contributed by atoms with Crippen molar-refractivity contribution in [2.45, 2.75) is 19.9 Å². The SMILES string of the molecule is CC(C)N1C(=O)O[CH-]c2c(F)cc(F)cc21.[Rb+].[Re]. The Hall–Kier alpha value is 0.688. The fourth-order valence-corrected chi connectivity index (χ4v) is 1.64. The Labute approximate surface area is 167 Å². The molecule has 0 saturated heterocycles. The van der Waals surface area contributed by atoms with Gasteiger partial charge in [-0.05, 0) is 32.2 Å². The fraction of sp³-hybridized carbons (Fsp3) is 0.273. The van der Waals surface area contributed by atoms with Crippen LogP contribution in [0.5, 0.6) is 0 Å². The first kappa shape index (κ1) is 18.7. The largest absolute Gasteiger partial charge is 1.00 e. The molecule has 1 aliphatic heterocycles. The zero-order valence-corrected chi connectivity index (χ0v) is 17.8. The van der Waals surface area contributed by atoms with Crippen molar-refractivity contribution in [3.05, 3.63) is 35.9 Å². The van der Waals surface area contributed by atoms with E-state index in [1.807, 2.05) is 0 Å². The van der Waals surface area contributed by atoms with Gasteiger partial charge in [0.25, 0.3) is 0 Å². The van der Waals surface area contributed by atoms with E-state index >= 15 is 0 Å². The van der Waals surface area contributed by atoms with Crippen molar-refractivity contribution in [1.29, 1.82) is 0 Å². The van der Waals surface area contributed by atoms with Crippen molar-refractivity contribution in [3.8, 4) is 0 Å². The smallest absolute Gasteiger partial charge is 0.482 e. The van der Waals surface area contributed by atoms with Crippen molar-refractivity contribution in [3.63, 3.8) is 0 Å². The van der Waals surface area contributed by atoms with Crippen LogP contribution in [-0.2, 0) is 25.2 Å². The molecule has 0 bridgehead atoms. The molecule has 2 rings (SSSR count). The Morgan fingerprint density at radius 2 is 1.94 bits per heavy atom. The minimum Gasteiger partial charge on any atom is -0.482 e. The molecule has 1 aromatic carbocycles. The van der Waals surface area contributed by atoms with E-state index in [1.54, 1.807) is 13.8 Å². The van der Waals surface area contributed by atoms with Gasteiger partial charge in [-0.25, -0.2) is 9.18 Å². The Morgan fingerprint density at radius 3 is 2.50 bits per heavy atom. The van der Waals surface area contributed by atoms with E-state index in [2.05, 4.69) is 0 Å². The normalized spacial score (nSPS) is 12.9. The summed E-state index contributed by atoms with van der Waals surface area (Å²) in [4.78, 5) is 12.7. The van der Waals surface area contributed by atoms with Gasteiger partial charge in [0.15, 0.2) is 0 Å². The maximum Gasteiger partial charge on any atom is 1.00 e. The van der Waals surface area contributed by atoms with Gasteiger partial charge in [-0.15, -0.1) is 0 Å². The van der Waals surface area contributed by atoms with Crippen LogP contribution in [0.1, 0.15) is 19.4 Å². The molecule has 0 aliphatic carbocycles. The average Bonchev–Trinajstić information content (AvgIpc) is 2.15. The molecule has 0 N–H and O–H groups in total.